The highest BCUT2D eigenvalue weighted by Gasteiger charge is 2.16. The van der Waals surface area contributed by atoms with E-state index in [1.165, 1.54) is 23.9 Å². The van der Waals surface area contributed by atoms with Gasteiger partial charge < -0.3 is 10.1 Å². The van der Waals surface area contributed by atoms with Crippen molar-refractivity contribution >= 4 is 33.6 Å². The van der Waals surface area contributed by atoms with E-state index < -0.39 is 0 Å². The summed E-state index contributed by atoms with van der Waals surface area (Å²) in [6.07, 6.45) is 0. The smallest absolute Gasteiger partial charge is 0.251 e. The number of methoxy groups -OCH3 is 1. The van der Waals surface area contributed by atoms with Crippen LogP contribution < -0.4 is 10.1 Å². The molecular formula is C24H20BrFN4O2S. The maximum atomic E-state index is 13.5. The summed E-state index contributed by atoms with van der Waals surface area (Å²) < 4.78 is 21.5. The zero-order valence-electron chi connectivity index (χ0n) is 17.7. The van der Waals surface area contributed by atoms with Gasteiger partial charge in [0.25, 0.3) is 5.91 Å². The number of carbonyl (C=O) groups is 1. The Bertz CT molecular complexity index is 1250. The lowest BCUT2D eigenvalue weighted by atomic mass is 10.2. The van der Waals surface area contributed by atoms with Crippen molar-refractivity contribution in [2.24, 2.45) is 0 Å². The maximum absolute atomic E-state index is 13.5. The van der Waals surface area contributed by atoms with Crippen LogP contribution in [0, 0.1) is 5.82 Å². The Morgan fingerprint density at radius 3 is 2.55 bits per heavy atom. The fraction of sp³-hybridized carbons (Fsp3) is 0.125. The minimum atomic E-state index is -0.274. The van der Waals surface area contributed by atoms with E-state index in [1.807, 2.05) is 34.9 Å². The molecule has 4 aromatic rings. The average Bonchev–Trinajstić information content (AvgIpc) is 3.24. The second kappa shape index (κ2) is 10.6. The molecule has 0 aliphatic carbocycles. The Kier molecular flexibility index (Phi) is 7.41. The molecule has 0 saturated carbocycles. The molecular weight excluding hydrogens is 507 g/mol. The molecule has 0 radical (unpaired) electrons. The first kappa shape index (κ1) is 23.0. The summed E-state index contributed by atoms with van der Waals surface area (Å²) in [5, 5.41) is 12.2. The van der Waals surface area contributed by atoms with Crippen LogP contribution in [0.3, 0.4) is 0 Å². The molecule has 1 N–H and O–H groups in total. The number of hydrogen-bond acceptors (Lipinski definition) is 5. The first-order valence-corrected chi connectivity index (χ1v) is 11.8. The molecule has 1 amide bonds. The van der Waals surface area contributed by atoms with Gasteiger partial charge >= 0.3 is 0 Å². The van der Waals surface area contributed by atoms with E-state index in [1.54, 1.807) is 37.4 Å². The quantitative estimate of drug-likeness (QED) is 0.311. The van der Waals surface area contributed by atoms with Gasteiger partial charge in [0.15, 0.2) is 11.0 Å². The van der Waals surface area contributed by atoms with Crippen molar-refractivity contribution in [1.82, 2.24) is 20.1 Å². The molecule has 4 rings (SSSR count). The maximum Gasteiger partial charge on any atom is 0.251 e. The molecule has 0 spiro atoms. The summed E-state index contributed by atoms with van der Waals surface area (Å²) >= 11 is 4.90. The number of benzene rings is 3. The minimum absolute atomic E-state index is 0.189. The van der Waals surface area contributed by atoms with Gasteiger partial charge in [-0.05, 0) is 66.2 Å². The van der Waals surface area contributed by atoms with E-state index in [2.05, 4.69) is 31.4 Å². The van der Waals surface area contributed by atoms with Crippen LogP contribution in [0.25, 0.3) is 5.69 Å². The van der Waals surface area contributed by atoms with E-state index >= 15 is 0 Å². The van der Waals surface area contributed by atoms with Crippen LogP contribution in [0.5, 0.6) is 5.75 Å². The molecule has 3 aromatic carbocycles. The topological polar surface area (TPSA) is 69.0 Å². The van der Waals surface area contributed by atoms with Crippen molar-refractivity contribution in [1.29, 1.82) is 0 Å². The summed E-state index contributed by atoms with van der Waals surface area (Å²) in [6, 6.07) is 21.1. The molecule has 6 nitrogen and oxygen atoms in total. The van der Waals surface area contributed by atoms with Gasteiger partial charge in [-0.3, -0.25) is 9.36 Å². The minimum Gasteiger partial charge on any atom is -0.497 e. The van der Waals surface area contributed by atoms with Gasteiger partial charge in [-0.1, -0.05) is 39.8 Å². The Balaban J connectivity index is 1.55. The van der Waals surface area contributed by atoms with Gasteiger partial charge in [-0.2, -0.15) is 0 Å². The average molecular weight is 527 g/mol. The van der Waals surface area contributed by atoms with E-state index in [0.29, 0.717) is 28.0 Å². The number of amides is 1. The Morgan fingerprint density at radius 1 is 1.09 bits per heavy atom. The molecule has 9 heteroatoms. The second-order valence-corrected chi connectivity index (χ2v) is 8.90. The molecule has 0 aliphatic rings. The Labute approximate surface area is 203 Å². The number of nitrogens with one attached hydrogen (secondary N) is 1. The third-order valence-electron chi connectivity index (χ3n) is 4.80. The van der Waals surface area contributed by atoms with Crippen LogP contribution >= 0.6 is 27.7 Å². The molecule has 0 unspecified atom stereocenters. The van der Waals surface area contributed by atoms with Crippen LogP contribution in [0.1, 0.15) is 21.7 Å². The highest BCUT2D eigenvalue weighted by atomic mass is 79.9. The summed E-state index contributed by atoms with van der Waals surface area (Å²) in [7, 11) is 1.58. The Hall–Kier alpha value is -3.17. The summed E-state index contributed by atoms with van der Waals surface area (Å²) in [4.78, 5) is 12.6. The summed E-state index contributed by atoms with van der Waals surface area (Å²) in [5.41, 5.74) is 2.23. The molecule has 0 saturated heterocycles. The zero-order valence-corrected chi connectivity index (χ0v) is 20.1. The van der Waals surface area contributed by atoms with Crippen LogP contribution in [0.4, 0.5) is 4.39 Å². The standard InChI is InChI=1S/C24H20BrFN4O2S/c1-32-21-11-5-17(6-12-21)23(31)27-14-22-28-29-24(30(22)20-9-7-18(25)8-10-20)33-15-16-3-2-4-19(26)13-16/h2-13H,14-15H2,1H3,(H,27,31). The predicted molar refractivity (Wildman–Crippen MR) is 129 cm³/mol. The van der Waals surface area contributed by atoms with Gasteiger partial charge in [-0.25, -0.2) is 4.39 Å². The number of ether oxygens (including phenoxy) is 1. The number of nitrogens with zero attached hydrogens (tertiary/aromatic N) is 3. The lowest BCUT2D eigenvalue weighted by Crippen LogP contribution is -2.24. The normalized spacial score (nSPS) is 10.8. The fourth-order valence-electron chi connectivity index (χ4n) is 3.14. The van der Waals surface area contributed by atoms with E-state index in [-0.39, 0.29) is 18.3 Å². The van der Waals surface area contributed by atoms with Gasteiger partial charge in [0.2, 0.25) is 0 Å². The molecule has 0 fully saturated rings. The van der Waals surface area contributed by atoms with Gasteiger partial charge in [0.05, 0.1) is 13.7 Å². The molecule has 1 heterocycles. The van der Waals surface area contributed by atoms with Gasteiger partial charge in [0, 0.05) is 21.5 Å². The highest BCUT2D eigenvalue weighted by Crippen LogP contribution is 2.26. The first-order valence-electron chi connectivity index (χ1n) is 10.0. The molecule has 0 aliphatic heterocycles. The van der Waals surface area contributed by atoms with Crippen LogP contribution in [0.15, 0.2) is 82.4 Å². The van der Waals surface area contributed by atoms with Crippen molar-refractivity contribution in [3.05, 3.63) is 100 Å². The van der Waals surface area contributed by atoms with Crippen LogP contribution in [-0.4, -0.2) is 27.8 Å². The lowest BCUT2D eigenvalue weighted by Gasteiger charge is -2.11. The van der Waals surface area contributed by atoms with E-state index in [4.69, 9.17) is 4.74 Å². The number of rotatable bonds is 8. The largest absolute Gasteiger partial charge is 0.497 e. The van der Waals surface area contributed by atoms with Crippen LogP contribution in [-0.2, 0) is 12.3 Å². The van der Waals surface area contributed by atoms with Crippen molar-refractivity contribution in [3.63, 3.8) is 0 Å². The highest BCUT2D eigenvalue weighted by molar-refractivity contribution is 9.10. The van der Waals surface area contributed by atoms with Crippen molar-refractivity contribution in [2.45, 2.75) is 17.5 Å². The predicted octanol–water partition coefficient (Wildman–Crippen LogP) is 5.40. The van der Waals surface area contributed by atoms with Crippen molar-refractivity contribution < 1.29 is 13.9 Å². The lowest BCUT2D eigenvalue weighted by molar-refractivity contribution is 0.0949. The molecule has 33 heavy (non-hydrogen) atoms. The molecule has 168 valence electrons. The number of halogens is 2. The SMILES string of the molecule is COc1ccc(C(=O)NCc2nnc(SCc3cccc(F)c3)n2-c2ccc(Br)cc2)cc1. The summed E-state index contributed by atoms with van der Waals surface area (Å²) in [6.45, 7) is 0.189. The first-order chi connectivity index (χ1) is 16.0. The third kappa shape index (κ3) is 5.80. The number of hydrogen-bond donors (Lipinski definition) is 1. The number of thioether (sulfide) groups is 1. The second-order valence-electron chi connectivity index (χ2n) is 7.04. The van der Waals surface area contributed by atoms with E-state index in [9.17, 15) is 9.18 Å². The fourth-order valence-corrected chi connectivity index (χ4v) is 4.31. The number of carbonyl (C=O) groups excluding carboxylic acids is 1. The van der Waals surface area contributed by atoms with Crippen LogP contribution in [0.2, 0.25) is 0 Å². The molecule has 0 bridgehead atoms. The molecule has 1 aromatic heterocycles. The zero-order chi connectivity index (χ0) is 23.2. The van der Waals surface area contributed by atoms with Crippen molar-refractivity contribution in [3.8, 4) is 11.4 Å². The van der Waals surface area contributed by atoms with Gasteiger partial charge in [-0.15, -0.1) is 10.2 Å². The monoisotopic (exact) mass is 526 g/mol. The summed E-state index contributed by atoms with van der Waals surface area (Å²) in [5.74, 6) is 1.30. The molecule has 0 atom stereocenters. The van der Waals surface area contributed by atoms with E-state index in [0.717, 1.165) is 15.7 Å². The number of aromatic nitrogens is 3. The van der Waals surface area contributed by atoms with Crippen molar-refractivity contribution in [2.75, 3.05) is 7.11 Å². The van der Waals surface area contributed by atoms with Gasteiger partial charge in [0.1, 0.15) is 11.6 Å². The Morgan fingerprint density at radius 2 is 1.85 bits per heavy atom. The third-order valence-corrected chi connectivity index (χ3v) is 6.33.